The van der Waals surface area contributed by atoms with Crippen LogP contribution in [0.5, 0.6) is 0 Å². The van der Waals surface area contributed by atoms with E-state index in [0.717, 1.165) is 6.26 Å². The summed E-state index contributed by atoms with van der Waals surface area (Å²) in [6, 6.07) is 9.65. The number of nitrogens with one attached hydrogen (secondary N) is 2. The molecule has 0 spiro atoms. The lowest BCUT2D eigenvalue weighted by Crippen LogP contribution is -2.10. The Morgan fingerprint density at radius 3 is 2.77 bits per heavy atom. The van der Waals surface area contributed by atoms with E-state index in [-0.39, 0.29) is 0 Å². The summed E-state index contributed by atoms with van der Waals surface area (Å²) in [5, 5.41) is 12.0. The van der Waals surface area contributed by atoms with Gasteiger partial charge in [0.25, 0.3) is 0 Å². The third-order valence-corrected chi connectivity index (χ3v) is 5.64. The molecule has 0 saturated heterocycles. The Morgan fingerprint density at radius 1 is 1.29 bits per heavy atom. The molecule has 0 saturated carbocycles. The molecule has 0 aliphatic heterocycles. The van der Waals surface area contributed by atoms with Crippen LogP contribution in [0.2, 0.25) is 5.02 Å². The minimum atomic E-state index is -3.49. The van der Waals surface area contributed by atoms with Gasteiger partial charge in [-0.3, -0.25) is 9.82 Å². The van der Waals surface area contributed by atoms with Gasteiger partial charge in [-0.25, -0.2) is 12.8 Å². The smallest absolute Gasteiger partial charge is 0.229 e. The zero-order valence-corrected chi connectivity index (χ0v) is 18.3. The maximum atomic E-state index is 14.9. The molecule has 4 rings (SSSR count). The second-order valence-corrected chi connectivity index (χ2v) is 9.39. The fraction of sp³-hybridized carbons (Fsp3) is 0.250. The number of nitrogens with zero attached hydrogens (tertiary/aromatic N) is 3. The number of fused-ring (bicyclic) bond motifs is 1. The minimum absolute atomic E-state index is 0.293. The molecule has 2 aromatic carbocycles. The summed E-state index contributed by atoms with van der Waals surface area (Å²) < 4.78 is 45.9. The summed E-state index contributed by atoms with van der Waals surface area (Å²) in [6.07, 6.45) is 1.92. The van der Waals surface area contributed by atoms with Gasteiger partial charge in [0, 0.05) is 22.7 Å². The van der Waals surface area contributed by atoms with Crippen LogP contribution in [0.25, 0.3) is 10.9 Å². The van der Waals surface area contributed by atoms with Crippen LogP contribution in [-0.2, 0) is 16.4 Å². The molecule has 0 aliphatic carbocycles. The fourth-order valence-corrected chi connectivity index (χ4v) is 4.28. The lowest BCUT2D eigenvalue weighted by atomic mass is 9.89. The number of para-hydroxylation sites is 1. The van der Waals surface area contributed by atoms with Crippen LogP contribution >= 0.6 is 11.6 Å². The topological polar surface area (TPSA) is 114 Å². The van der Waals surface area contributed by atoms with Crippen LogP contribution in [0.1, 0.15) is 35.3 Å². The highest BCUT2D eigenvalue weighted by Crippen LogP contribution is 2.36. The van der Waals surface area contributed by atoms with E-state index in [4.69, 9.17) is 16.1 Å². The largest absolute Gasteiger partial charge is 0.339 e. The van der Waals surface area contributed by atoms with Crippen molar-refractivity contribution in [1.82, 2.24) is 20.3 Å². The van der Waals surface area contributed by atoms with Crippen molar-refractivity contribution in [2.24, 2.45) is 0 Å². The Morgan fingerprint density at radius 2 is 2.10 bits per heavy atom. The Balaban J connectivity index is 1.79. The maximum absolute atomic E-state index is 14.9. The molecule has 2 heterocycles. The highest BCUT2D eigenvalue weighted by Gasteiger charge is 2.24. The van der Waals surface area contributed by atoms with Crippen LogP contribution in [0.15, 0.2) is 40.9 Å². The van der Waals surface area contributed by atoms with Gasteiger partial charge in [-0.05, 0) is 37.1 Å². The van der Waals surface area contributed by atoms with E-state index in [9.17, 15) is 12.8 Å². The lowest BCUT2D eigenvalue weighted by Gasteiger charge is -2.17. The van der Waals surface area contributed by atoms with Gasteiger partial charge in [0.2, 0.25) is 15.9 Å². The van der Waals surface area contributed by atoms with Crippen molar-refractivity contribution in [3.63, 3.8) is 0 Å². The summed E-state index contributed by atoms with van der Waals surface area (Å²) in [4.78, 5) is 4.22. The predicted molar refractivity (Wildman–Crippen MR) is 115 cm³/mol. The molecule has 0 fully saturated rings. The number of anilines is 1. The first-order valence-corrected chi connectivity index (χ1v) is 11.7. The van der Waals surface area contributed by atoms with Crippen LogP contribution in [0.4, 0.5) is 10.1 Å². The van der Waals surface area contributed by atoms with Gasteiger partial charge in [-0.1, -0.05) is 35.0 Å². The summed E-state index contributed by atoms with van der Waals surface area (Å²) >= 11 is 5.94. The normalized spacial score (nSPS) is 12.9. The number of halogens is 2. The Kier molecular flexibility index (Phi) is 5.67. The number of hydrogen-bond donors (Lipinski definition) is 2. The molecule has 2 N–H and O–H groups in total. The highest BCUT2D eigenvalue weighted by atomic mass is 35.5. The van der Waals surface area contributed by atoms with Gasteiger partial charge in [-0.2, -0.15) is 10.1 Å². The molecule has 8 nitrogen and oxygen atoms in total. The van der Waals surface area contributed by atoms with Gasteiger partial charge < -0.3 is 4.52 Å². The number of rotatable bonds is 7. The van der Waals surface area contributed by atoms with E-state index in [1.54, 1.807) is 37.3 Å². The quantitative estimate of drug-likeness (QED) is 0.425. The third kappa shape index (κ3) is 4.70. The molecule has 4 aromatic rings. The van der Waals surface area contributed by atoms with Crippen molar-refractivity contribution in [1.29, 1.82) is 0 Å². The van der Waals surface area contributed by atoms with Crippen LogP contribution in [-0.4, -0.2) is 35.0 Å². The van der Waals surface area contributed by atoms with Crippen molar-refractivity contribution >= 4 is 38.2 Å². The van der Waals surface area contributed by atoms with Gasteiger partial charge in [0.05, 0.1) is 17.6 Å². The number of aromatic nitrogens is 4. The van der Waals surface area contributed by atoms with Gasteiger partial charge in [0.1, 0.15) is 11.3 Å². The minimum Gasteiger partial charge on any atom is -0.339 e. The van der Waals surface area contributed by atoms with Crippen molar-refractivity contribution < 1.29 is 17.3 Å². The standard InChI is InChI=1S/C20H19ClFN5O3S/c1-11-23-18(30-26-11)9-8-14(13-7-6-12(21)10-16(13)22)19-15-4-3-5-17(20(15)25-24-19)27-31(2,28)29/h3-7,10,14,27H,8-9H2,1-2H3,(H,24,25). The van der Waals surface area contributed by atoms with E-state index >= 15 is 0 Å². The van der Waals surface area contributed by atoms with E-state index < -0.39 is 21.8 Å². The highest BCUT2D eigenvalue weighted by molar-refractivity contribution is 7.92. The van der Waals surface area contributed by atoms with Crippen LogP contribution in [0.3, 0.4) is 0 Å². The van der Waals surface area contributed by atoms with E-state index in [0.29, 0.717) is 57.4 Å². The summed E-state index contributed by atoms with van der Waals surface area (Å²) in [6.45, 7) is 1.72. The molecule has 1 unspecified atom stereocenters. The van der Waals surface area contributed by atoms with Crippen LogP contribution < -0.4 is 4.72 Å². The molecular formula is C20H19ClFN5O3S. The average Bonchev–Trinajstić information content (AvgIpc) is 3.29. The molecule has 31 heavy (non-hydrogen) atoms. The molecule has 2 aromatic heterocycles. The number of benzene rings is 2. The van der Waals surface area contributed by atoms with Crippen molar-refractivity contribution in [2.45, 2.75) is 25.7 Å². The monoisotopic (exact) mass is 463 g/mol. The first-order chi connectivity index (χ1) is 14.7. The van der Waals surface area contributed by atoms with E-state index in [1.165, 1.54) is 6.07 Å². The lowest BCUT2D eigenvalue weighted by molar-refractivity contribution is 0.369. The number of hydrogen-bond acceptors (Lipinski definition) is 6. The van der Waals surface area contributed by atoms with Gasteiger partial charge in [-0.15, -0.1) is 0 Å². The first-order valence-electron chi connectivity index (χ1n) is 9.40. The van der Waals surface area contributed by atoms with E-state index in [1.807, 2.05) is 0 Å². The van der Waals surface area contributed by atoms with Crippen molar-refractivity contribution in [2.75, 3.05) is 11.0 Å². The maximum Gasteiger partial charge on any atom is 0.229 e. The fourth-order valence-electron chi connectivity index (χ4n) is 3.55. The second-order valence-electron chi connectivity index (χ2n) is 7.21. The number of aromatic amines is 1. The zero-order chi connectivity index (χ0) is 22.2. The number of sulfonamides is 1. The summed E-state index contributed by atoms with van der Waals surface area (Å²) in [7, 11) is -3.49. The Hall–Kier alpha value is -2.98. The molecule has 0 bridgehead atoms. The van der Waals surface area contributed by atoms with Crippen molar-refractivity contribution in [3.8, 4) is 0 Å². The van der Waals surface area contributed by atoms with E-state index in [2.05, 4.69) is 25.1 Å². The SMILES string of the molecule is Cc1noc(CCC(c2ccc(Cl)cc2F)c2[nH]nc3c(NS(C)(=O)=O)cccc23)n1. The summed E-state index contributed by atoms with van der Waals surface area (Å²) in [5.74, 6) is 0.0724. The summed E-state index contributed by atoms with van der Waals surface area (Å²) in [5.41, 5.74) is 1.85. The van der Waals surface area contributed by atoms with Gasteiger partial charge >= 0.3 is 0 Å². The second kappa shape index (κ2) is 8.27. The Bertz CT molecular complexity index is 1350. The average molecular weight is 464 g/mol. The third-order valence-electron chi connectivity index (χ3n) is 4.81. The van der Waals surface area contributed by atoms with Gasteiger partial charge in [0.15, 0.2) is 5.82 Å². The zero-order valence-electron chi connectivity index (χ0n) is 16.7. The van der Waals surface area contributed by atoms with Crippen LogP contribution in [0, 0.1) is 12.7 Å². The number of aryl methyl sites for hydroxylation is 2. The molecular weight excluding hydrogens is 445 g/mol. The molecule has 11 heteroatoms. The molecule has 0 amide bonds. The molecule has 0 radical (unpaired) electrons. The molecule has 1 atom stereocenters. The molecule has 0 aliphatic rings. The number of H-pyrrole nitrogens is 1. The Labute approximate surface area is 182 Å². The first kappa shape index (κ1) is 21.3. The van der Waals surface area contributed by atoms with Crippen molar-refractivity contribution in [3.05, 3.63) is 70.2 Å². The predicted octanol–water partition coefficient (Wildman–Crippen LogP) is 4.18. The molecule has 162 valence electrons.